The number of halogens is 3. The molecule has 1 aromatic heterocycles. The molecule has 2 aliphatic rings. The minimum atomic E-state index is -5.08. The van der Waals surface area contributed by atoms with Crippen LogP contribution in [0.3, 0.4) is 0 Å². The van der Waals surface area contributed by atoms with Crippen molar-refractivity contribution in [3.8, 4) is 0 Å². The molecule has 0 aliphatic carbocycles. The Morgan fingerprint density at radius 2 is 1.93 bits per heavy atom. The molecule has 7 nitrogen and oxygen atoms in total. The van der Waals surface area contributed by atoms with Gasteiger partial charge in [-0.3, -0.25) is 9.69 Å². The second kappa shape index (κ2) is 8.93. The summed E-state index contributed by atoms with van der Waals surface area (Å²) in [7, 11) is 0. The van der Waals surface area contributed by atoms with Gasteiger partial charge in [-0.15, -0.1) is 0 Å². The summed E-state index contributed by atoms with van der Waals surface area (Å²) in [5.74, 6) is -1.02. The Balaban J connectivity index is 0.000000345. The van der Waals surface area contributed by atoms with Crippen LogP contribution in [0.15, 0.2) is 4.42 Å². The largest absolute Gasteiger partial charge is 0.490 e. The molecule has 0 saturated carbocycles. The van der Waals surface area contributed by atoms with E-state index in [1.807, 2.05) is 4.90 Å². The second-order valence-corrected chi connectivity index (χ2v) is 7.50. The standard InChI is InChI=1S/C16H25N3O2.C2HF3O2/c1-11(2)18-8-6-14-13(10-18)17-15(21-14)16(20)19-7-4-5-12(3)9-19;3-2(4,5)1(6)7/h11-12H,4-10H2,1-3H3;(H,6,7). The molecule has 158 valence electrons. The molecule has 1 aromatic rings. The number of aliphatic carboxylic acids is 1. The number of hydrogen-bond donors (Lipinski definition) is 1. The van der Waals surface area contributed by atoms with Crippen molar-refractivity contribution in [2.75, 3.05) is 19.6 Å². The van der Waals surface area contributed by atoms with E-state index >= 15 is 0 Å². The van der Waals surface area contributed by atoms with E-state index < -0.39 is 12.1 Å². The van der Waals surface area contributed by atoms with Crippen molar-refractivity contribution >= 4 is 11.9 Å². The van der Waals surface area contributed by atoms with Crippen LogP contribution in [0.5, 0.6) is 0 Å². The summed E-state index contributed by atoms with van der Waals surface area (Å²) in [6.45, 7) is 9.99. The van der Waals surface area contributed by atoms with Gasteiger partial charge < -0.3 is 14.4 Å². The molecule has 28 heavy (non-hydrogen) atoms. The van der Waals surface area contributed by atoms with Crippen LogP contribution in [0.1, 0.15) is 55.8 Å². The number of amides is 1. The molecule has 1 amide bonds. The molecule has 3 rings (SSSR count). The third kappa shape index (κ3) is 5.70. The lowest BCUT2D eigenvalue weighted by molar-refractivity contribution is -0.192. The molecule has 0 aromatic carbocycles. The fraction of sp³-hybridized carbons (Fsp3) is 0.722. The number of fused-ring (bicyclic) bond motifs is 1. The average molecular weight is 405 g/mol. The van der Waals surface area contributed by atoms with Crippen molar-refractivity contribution in [2.45, 2.75) is 58.8 Å². The van der Waals surface area contributed by atoms with Crippen molar-refractivity contribution in [3.63, 3.8) is 0 Å². The van der Waals surface area contributed by atoms with Gasteiger partial charge in [-0.05, 0) is 32.6 Å². The monoisotopic (exact) mass is 405 g/mol. The Labute approximate surface area is 161 Å². The van der Waals surface area contributed by atoms with Gasteiger partial charge in [0, 0.05) is 38.6 Å². The van der Waals surface area contributed by atoms with E-state index in [1.54, 1.807) is 0 Å². The fourth-order valence-corrected chi connectivity index (χ4v) is 3.26. The molecule has 0 bridgehead atoms. The Hall–Kier alpha value is -2.10. The first-order chi connectivity index (χ1) is 13.0. The number of alkyl halides is 3. The summed E-state index contributed by atoms with van der Waals surface area (Å²) in [5, 5.41) is 7.12. The summed E-state index contributed by atoms with van der Waals surface area (Å²) in [6.07, 6.45) is -1.95. The van der Waals surface area contributed by atoms with Crippen LogP contribution < -0.4 is 0 Å². The lowest BCUT2D eigenvalue weighted by atomic mass is 10.0. The molecular weight excluding hydrogens is 379 g/mol. The molecule has 1 N–H and O–H groups in total. The van der Waals surface area contributed by atoms with Crippen LogP contribution >= 0.6 is 0 Å². The number of oxazole rings is 1. The van der Waals surface area contributed by atoms with Crippen molar-refractivity contribution in [3.05, 3.63) is 17.3 Å². The van der Waals surface area contributed by atoms with Gasteiger partial charge in [-0.2, -0.15) is 13.2 Å². The van der Waals surface area contributed by atoms with E-state index in [9.17, 15) is 18.0 Å². The van der Waals surface area contributed by atoms with Gasteiger partial charge >= 0.3 is 18.1 Å². The van der Waals surface area contributed by atoms with E-state index in [-0.39, 0.29) is 5.91 Å². The first kappa shape index (κ1) is 22.2. The van der Waals surface area contributed by atoms with Crippen molar-refractivity contribution in [1.29, 1.82) is 0 Å². The molecule has 1 atom stereocenters. The average Bonchev–Trinajstić information content (AvgIpc) is 3.03. The molecule has 0 spiro atoms. The Morgan fingerprint density at radius 1 is 1.29 bits per heavy atom. The number of carboxylic acid groups (broad SMARTS) is 1. The van der Waals surface area contributed by atoms with Gasteiger partial charge in [-0.1, -0.05) is 6.92 Å². The Bertz CT molecular complexity index is 703. The number of carbonyl (C=O) groups is 2. The van der Waals surface area contributed by atoms with Gasteiger partial charge in [0.2, 0.25) is 0 Å². The fourth-order valence-electron chi connectivity index (χ4n) is 3.26. The Kier molecular flexibility index (Phi) is 7.08. The molecule has 2 aliphatic heterocycles. The normalized spacial score (nSPS) is 20.4. The SMILES string of the molecule is CC1CCCN(C(=O)c2nc3c(o2)CCN(C(C)C)C3)C1.O=C(O)C(F)(F)F. The smallest absolute Gasteiger partial charge is 0.475 e. The predicted molar refractivity (Wildman–Crippen MR) is 93.7 cm³/mol. The van der Waals surface area contributed by atoms with Crippen LogP contribution in [-0.4, -0.2) is 63.6 Å². The van der Waals surface area contributed by atoms with Gasteiger partial charge in [-0.25, -0.2) is 9.78 Å². The second-order valence-electron chi connectivity index (χ2n) is 7.50. The van der Waals surface area contributed by atoms with Crippen molar-refractivity contribution in [2.24, 2.45) is 5.92 Å². The number of carboxylic acids is 1. The summed E-state index contributed by atoms with van der Waals surface area (Å²) in [6, 6.07) is 0.497. The number of carbonyl (C=O) groups excluding carboxylic acids is 1. The van der Waals surface area contributed by atoms with Crippen LogP contribution in [0, 0.1) is 5.92 Å². The molecule has 1 fully saturated rings. The topological polar surface area (TPSA) is 86.9 Å². The zero-order valence-electron chi connectivity index (χ0n) is 16.3. The maximum Gasteiger partial charge on any atom is 0.490 e. The minimum Gasteiger partial charge on any atom is -0.475 e. The van der Waals surface area contributed by atoms with E-state index in [2.05, 4.69) is 30.7 Å². The van der Waals surface area contributed by atoms with Gasteiger partial charge in [0.25, 0.3) is 5.89 Å². The highest BCUT2D eigenvalue weighted by molar-refractivity contribution is 5.89. The van der Waals surface area contributed by atoms with Gasteiger partial charge in [0.1, 0.15) is 5.76 Å². The number of rotatable bonds is 2. The molecule has 1 unspecified atom stereocenters. The van der Waals surface area contributed by atoms with E-state index in [0.717, 1.165) is 50.5 Å². The molecule has 10 heteroatoms. The van der Waals surface area contributed by atoms with Crippen molar-refractivity contribution in [1.82, 2.24) is 14.8 Å². The summed E-state index contributed by atoms with van der Waals surface area (Å²) < 4.78 is 37.5. The van der Waals surface area contributed by atoms with E-state index in [4.69, 9.17) is 14.3 Å². The number of piperidine rings is 1. The van der Waals surface area contributed by atoms with Crippen LogP contribution in [0.25, 0.3) is 0 Å². The van der Waals surface area contributed by atoms with Crippen LogP contribution in [0.4, 0.5) is 13.2 Å². The summed E-state index contributed by atoms with van der Waals surface area (Å²) in [4.78, 5) is 30.2. The third-order valence-corrected chi connectivity index (χ3v) is 4.86. The zero-order valence-corrected chi connectivity index (χ0v) is 16.3. The predicted octanol–water partition coefficient (Wildman–Crippen LogP) is 2.95. The minimum absolute atomic E-state index is 0.0351. The maximum atomic E-state index is 12.5. The van der Waals surface area contributed by atoms with Crippen LogP contribution in [-0.2, 0) is 17.8 Å². The molecular formula is C18H26F3N3O4. The molecule has 0 radical (unpaired) electrons. The first-order valence-corrected chi connectivity index (χ1v) is 9.31. The number of aromatic nitrogens is 1. The highest BCUT2D eigenvalue weighted by Crippen LogP contribution is 2.23. The summed E-state index contributed by atoms with van der Waals surface area (Å²) in [5.41, 5.74) is 0.948. The third-order valence-electron chi connectivity index (χ3n) is 4.86. The Morgan fingerprint density at radius 3 is 2.46 bits per heavy atom. The first-order valence-electron chi connectivity index (χ1n) is 9.31. The highest BCUT2D eigenvalue weighted by Gasteiger charge is 2.38. The molecule has 3 heterocycles. The lowest BCUT2D eigenvalue weighted by Crippen LogP contribution is -2.39. The van der Waals surface area contributed by atoms with Crippen LogP contribution in [0.2, 0.25) is 0 Å². The van der Waals surface area contributed by atoms with Gasteiger partial charge in [0.15, 0.2) is 0 Å². The zero-order chi connectivity index (χ0) is 21.1. The number of likely N-dealkylation sites (tertiary alicyclic amines) is 1. The highest BCUT2D eigenvalue weighted by atomic mass is 19.4. The maximum absolute atomic E-state index is 12.5. The van der Waals surface area contributed by atoms with Gasteiger partial charge in [0.05, 0.1) is 5.69 Å². The lowest BCUT2D eigenvalue weighted by Gasteiger charge is -2.29. The van der Waals surface area contributed by atoms with Crippen molar-refractivity contribution < 1.29 is 32.3 Å². The van der Waals surface area contributed by atoms with E-state index in [0.29, 0.717) is 17.9 Å². The summed E-state index contributed by atoms with van der Waals surface area (Å²) >= 11 is 0. The number of nitrogens with zero attached hydrogens (tertiary/aromatic N) is 3. The molecule has 1 saturated heterocycles. The number of hydrogen-bond acceptors (Lipinski definition) is 5. The van der Waals surface area contributed by atoms with E-state index in [1.165, 1.54) is 6.42 Å². The quantitative estimate of drug-likeness (QED) is 0.814.